The quantitative estimate of drug-likeness (QED) is 0.770. The van der Waals surface area contributed by atoms with E-state index in [1.54, 1.807) is 30.3 Å². The van der Waals surface area contributed by atoms with Crippen LogP contribution in [0.3, 0.4) is 0 Å². The first-order chi connectivity index (χ1) is 8.62. The molecular formula is C14H10F2O2. The zero-order valence-electron chi connectivity index (χ0n) is 9.35. The molecule has 2 aromatic rings. The molecule has 2 aromatic carbocycles. The highest BCUT2D eigenvalue weighted by Crippen LogP contribution is 2.29. The van der Waals surface area contributed by atoms with Gasteiger partial charge in [-0.2, -0.15) is 8.78 Å². The van der Waals surface area contributed by atoms with Crippen LogP contribution in [0.2, 0.25) is 0 Å². The summed E-state index contributed by atoms with van der Waals surface area (Å²) in [7, 11) is 0. The van der Waals surface area contributed by atoms with Gasteiger partial charge in [-0.3, -0.25) is 4.79 Å². The van der Waals surface area contributed by atoms with Gasteiger partial charge in [-0.05, 0) is 24.3 Å². The first kappa shape index (κ1) is 12.2. The van der Waals surface area contributed by atoms with Crippen LogP contribution in [0.25, 0.3) is 0 Å². The molecule has 0 N–H and O–H groups in total. The Morgan fingerprint density at radius 1 is 0.944 bits per heavy atom. The number of rotatable bonds is 4. The van der Waals surface area contributed by atoms with Crippen molar-refractivity contribution in [2.24, 2.45) is 0 Å². The Kier molecular flexibility index (Phi) is 3.37. The molecule has 0 aromatic heterocycles. The van der Waals surface area contributed by atoms with E-state index in [0.717, 1.165) is 6.07 Å². The second-order valence-corrected chi connectivity index (χ2v) is 3.68. The Morgan fingerprint density at radius 3 is 2.28 bits per heavy atom. The largest absolute Gasteiger partial charge is 0.457 e. The summed E-state index contributed by atoms with van der Waals surface area (Å²) in [4.78, 5) is 10.3. The van der Waals surface area contributed by atoms with Crippen molar-refractivity contribution in [2.75, 3.05) is 0 Å². The maximum absolute atomic E-state index is 13.2. The minimum Gasteiger partial charge on any atom is -0.457 e. The topological polar surface area (TPSA) is 26.3 Å². The van der Waals surface area contributed by atoms with E-state index in [9.17, 15) is 13.6 Å². The number of carbonyl (C=O) groups is 1. The molecule has 0 aliphatic heterocycles. The number of aldehydes is 1. The SMILES string of the molecule is O=CC(F)(F)c1cccc(Oc2ccccc2)c1. The van der Waals surface area contributed by atoms with Gasteiger partial charge in [0.05, 0.1) is 0 Å². The van der Waals surface area contributed by atoms with E-state index >= 15 is 0 Å². The fraction of sp³-hybridized carbons (Fsp3) is 0.0714. The molecule has 0 unspecified atom stereocenters. The number of para-hydroxylation sites is 1. The summed E-state index contributed by atoms with van der Waals surface area (Å²) >= 11 is 0. The number of halogens is 2. The molecule has 2 nitrogen and oxygen atoms in total. The van der Waals surface area contributed by atoms with Gasteiger partial charge in [-0.1, -0.05) is 30.3 Å². The van der Waals surface area contributed by atoms with Gasteiger partial charge in [-0.15, -0.1) is 0 Å². The van der Waals surface area contributed by atoms with Crippen molar-refractivity contribution >= 4 is 6.29 Å². The predicted octanol–water partition coefficient (Wildman–Crippen LogP) is 3.77. The van der Waals surface area contributed by atoms with Gasteiger partial charge in [-0.25, -0.2) is 0 Å². The molecule has 0 heterocycles. The Labute approximate surface area is 103 Å². The van der Waals surface area contributed by atoms with Crippen LogP contribution < -0.4 is 4.74 Å². The van der Waals surface area contributed by atoms with Crippen molar-refractivity contribution < 1.29 is 18.3 Å². The summed E-state index contributed by atoms with van der Waals surface area (Å²) in [5.74, 6) is -2.68. The predicted molar refractivity (Wildman–Crippen MR) is 62.9 cm³/mol. The molecule has 0 aliphatic carbocycles. The van der Waals surface area contributed by atoms with Gasteiger partial charge in [0.25, 0.3) is 0 Å². The smallest absolute Gasteiger partial charge is 0.327 e. The Hall–Kier alpha value is -2.23. The first-order valence-corrected chi connectivity index (χ1v) is 5.29. The second kappa shape index (κ2) is 4.96. The zero-order valence-corrected chi connectivity index (χ0v) is 9.35. The number of alkyl halides is 2. The van der Waals surface area contributed by atoms with Crippen LogP contribution >= 0.6 is 0 Å². The Morgan fingerprint density at radius 2 is 1.61 bits per heavy atom. The van der Waals surface area contributed by atoms with Gasteiger partial charge < -0.3 is 4.74 Å². The lowest BCUT2D eigenvalue weighted by molar-refractivity contribution is -0.130. The molecule has 0 saturated carbocycles. The number of hydrogen-bond acceptors (Lipinski definition) is 2. The lowest BCUT2D eigenvalue weighted by Gasteiger charge is -2.11. The lowest BCUT2D eigenvalue weighted by atomic mass is 10.1. The van der Waals surface area contributed by atoms with Crippen LogP contribution in [0.5, 0.6) is 11.5 Å². The average Bonchev–Trinajstić information content (AvgIpc) is 2.40. The number of ether oxygens (including phenoxy) is 1. The van der Waals surface area contributed by atoms with E-state index in [1.165, 1.54) is 12.1 Å². The van der Waals surface area contributed by atoms with Gasteiger partial charge >= 0.3 is 5.92 Å². The fourth-order valence-electron chi connectivity index (χ4n) is 1.46. The minimum atomic E-state index is -3.49. The van der Waals surface area contributed by atoms with Crippen LogP contribution in [-0.4, -0.2) is 6.29 Å². The van der Waals surface area contributed by atoms with Gasteiger partial charge in [0, 0.05) is 5.56 Å². The second-order valence-electron chi connectivity index (χ2n) is 3.68. The third-order valence-corrected chi connectivity index (χ3v) is 2.35. The van der Waals surface area contributed by atoms with E-state index in [-0.39, 0.29) is 17.6 Å². The molecule has 0 saturated heterocycles. The van der Waals surface area contributed by atoms with Crippen LogP contribution in [-0.2, 0) is 10.7 Å². The summed E-state index contributed by atoms with van der Waals surface area (Å²) in [6, 6.07) is 14.1. The van der Waals surface area contributed by atoms with E-state index in [0.29, 0.717) is 5.75 Å². The monoisotopic (exact) mass is 248 g/mol. The zero-order chi connectivity index (χ0) is 13.0. The molecule has 4 heteroatoms. The number of benzene rings is 2. The van der Waals surface area contributed by atoms with Crippen LogP contribution in [0.1, 0.15) is 5.56 Å². The van der Waals surface area contributed by atoms with E-state index in [1.807, 2.05) is 6.07 Å². The van der Waals surface area contributed by atoms with Gasteiger partial charge in [0.1, 0.15) is 11.5 Å². The van der Waals surface area contributed by atoms with Crippen LogP contribution in [0, 0.1) is 0 Å². The molecule has 0 aliphatic rings. The fourth-order valence-corrected chi connectivity index (χ4v) is 1.46. The molecule has 0 fully saturated rings. The summed E-state index contributed by atoms with van der Waals surface area (Å²) in [6.07, 6.45) is -0.380. The molecule has 0 bridgehead atoms. The third-order valence-electron chi connectivity index (χ3n) is 2.35. The molecule has 92 valence electrons. The van der Waals surface area contributed by atoms with Crippen molar-refractivity contribution in [1.29, 1.82) is 0 Å². The van der Waals surface area contributed by atoms with Crippen molar-refractivity contribution in [3.8, 4) is 11.5 Å². The van der Waals surface area contributed by atoms with Gasteiger partial charge in [0.15, 0.2) is 6.29 Å². The highest BCUT2D eigenvalue weighted by atomic mass is 19.3. The van der Waals surface area contributed by atoms with Crippen molar-refractivity contribution in [3.63, 3.8) is 0 Å². The number of hydrogen-bond donors (Lipinski definition) is 0. The molecule has 0 radical (unpaired) electrons. The molecule has 0 atom stereocenters. The average molecular weight is 248 g/mol. The minimum absolute atomic E-state index is 0.264. The first-order valence-electron chi connectivity index (χ1n) is 5.29. The van der Waals surface area contributed by atoms with Crippen molar-refractivity contribution in [3.05, 3.63) is 60.2 Å². The van der Waals surface area contributed by atoms with Crippen LogP contribution in [0.15, 0.2) is 54.6 Å². The maximum atomic E-state index is 13.2. The lowest BCUT2D eigenvalue weighted by Crippen LogP contribution is -2.14. The normalized spacial score (nSPS) is 11.0. The van der Waals surface area contributed by atoms with Crippen LogP contribution in [0.4, 0.5) is 8.78 Å². The molecular weight excluding hydrogens is 238 g/mol. The third kappa shape index (κ3) is 2.71. The standard InChI is InChI=1S/C14H10F2O2/c15-14(16,10-17)11-5-4-8-13(9-11)18-12-6-2-1-3-7-12/h1-10H. The number of carbonyl (C=O) groups excluding carboxylic acids is 1. The molecule has 2 rings (SSSR count). The Bertz CT molecular complexity index is 539. The summed E-state index contributed by atoms with van der Waals surface area (Å²) in [5, 5.41) is 0. The van der Waals surface area contributed by atoms with E-state index in [2.05, 4.69) is 0 Å². The summed E-state index contributed by atoms with van der Waals surface area (Å²) in [5.41, 5.74) is -0.383. The van der Waals surface area contributed by atoms with E-state index in [4.69, 9.17) is 4.74 Å². The van der Waals surface area contributed by atoms with E-state index < -0.39 is 5.92 Å². The Balaban J connectivity index is 2.26. The van der Waals surface area contributed by atoms with Crippen molar-refractivity contribution in [2.45, 2.75) is 5.92 Å². The van der Waals surface area contributed by atoms with Crippen molar-refractivity contribution in [1.82, 2.24) is 0 Å². The molecule has 0 spiro atoms. The summed E-state index contributed by atoms with van der Waals surface area (Å²) < 4.78 is 31.8. The van der Waals surface area contributed by atoms with Gasteiger partial charge in [0.2, 0.25) is 0 Å². The highest BCUT2D eigenvalue weighted by molar-refractivity contribution is 5.63. The molecule has 0 amide bonds. The summed E-state index contributed by atoms with van der Waals surface area (Å²) in [6.45, 7) is 0. The molecule has 18 heavy (non-hydrogen) atoms. The highest BCUT2D eigenvalue weighted by Gasteiger charge is 2.30. The maximum Gasteiger partial charge on any atom is 0.327 e.